The third kappa shape index (κ3) is 4.61. The van der Waals surface area contributed by atoms with Crippen LogP contribution in [0.4, 0.5) is 5.69 Å². The molecule has 2 amide bonds. The number of amides is 2. The number of hydrogen-bond acceptors (Lipinski definition) is 3. The molecule has 0 fully saturated rings. The maximum absolute atomic E-state index is 12.3. The van der Waals surface area contributed by atoms with Gasteiger partial charge in [-0.05, 0) is 44.2 Å². The molecule has 138 valence electrons. The van der Waals surface area contributed by atoms with Crippen molar-refractivity contribution < 1.29 is 9.59 Å². The molecule has 1 heterocycles. The first-order chi connectivity index (χ1) is 13.0. The zero-order valence-electron chi connectivity index (χ0n) is 15.4. The second kappa shape index (κ2) is 8.31. The molecular formula is C21H22N4O2. The van der Waals surface area contributed by atoms with Gasteiger partial charge in [0.05, 0.1) is 17.1 Å². The average molecular weight is 362 g/mol. The van der Waals surface area contributed by atoms with Crippen LogP contribution in [0.5, 0.6) is 0 Å². The van der Waals surface area contributed by atoms with E-state index >= 15 is 0 Å². The van der Waals surface area contributed by atoms with Crippen LogP contribution in [0.25, 0.3) is 5.69 Å². The highest BCUT2D eigenvalue weighted by Crippen LogP contribution is 2.21. The molecule has 0 unspecified atom stereocenters. The van der Waals surface area contributed by atoms with Gasteiger partial charge in [0.15, 0.2) is 0 Å². The molecule has 0 atom stereocenters. The molecule has 2 aromatic carbocycles. The highest BCUT2D eigenvalue weighted by atomic mass is 16.2. The van der Waals surface area contributed by atoms with Crippen LogP contribution in [0.2, 0.25) is 0 Å². The molecule has 0 aliphatic carbocycles. The Morgan fingerprint density at radius 3 is 2.41 bits per heavy atom. The predicted molar refractivity (Wildman–Crippen MR) is 105 cm³/mol. The minimum absolute atomic E-state index is 0.169. The predicted octanol–water partition coefficient (Wildman–Crippen LogP) is 3.25. The van der Waals surface area contributed by atoms with E-state index in [1.807, 2.05) is 54.9 Å². The number of nitrogens with one attached hydrogen (secondary N) is 2. The van der Waals surface area contributed by atoms with E-state index in [1.165, 1.54) is 0 Å². The Kier molecular flexibility index (Phi) is 5.66. The van der Waals surface area contributed by atoms with Gasteiger partial charge in [-0.25, -0.2) is 4.68 Å². The van der Waals surface area contributed by atoms with Crippen molar-refractivity contribution >= 4 is 17.5 Å². The Balaban J connectivity index is 1.60. The van der Waals surface area contributed by atoms with E-state index < -0.39 is 0 Å². The van der Waals surface area contributed by atoms with Crippen LogP contribution < -0.4 is 10.6 Å². The van der Waals surface area contributed by atoms with Crippen LogP contribution in [-0.4, -0.2) is 28.1 Å². The van der Waals surface area contributed by atoms with Crippen molar-refractivity contribution in [3.8, 4) is 5.69 Å². The van der Waals surface area contributed by atoms with E-state index in [0.29, 0.717) is 11.3 Å². The molecule has 2 N–H and O–H groups in total. The Morgan fingerprint density at radius 2 is 1.70 bits per heavy atom. The van der Waals surface area contributed by atoms with Gasteiger partial charge in [0, 0.05) is 24.2 Å². The fourth-order valence-corrected chi connectivity index (χ4v) is 2.83. The van der Waals surface area contributed by atoms with Crippen LogP contribution >= 0.6 is 0 Å². The van der Waals surface area contributed by atoms with Crippen molar-refractivity contribution in [1.29, 1.82) is 0 Å². The number of nitrogens with zero attached hydrogens (tertiary/aromatic N) is 2. The van der Waals surface area contributed by atoms with Gasteiger partial charge in [-0.15, -0.1) is 0 Å². The van der Waals surface area contributed by atoms with Crippen molar-refractivity contribution in [2.75, 3.05) is 11.9 Å². The fraction of sp³-hybridized carbons (Fsp3) is 0.190. The second-order valence-corrected chi connectivity index (χ2v) is 6.28. The zero-order valence-corrected chi connectivity index (χ0v) is 15.4. The molecule has 1 aromatic heterocycles. The number of aromatic nitrogens is 2. The van der Waals surface area contributed by atoms with Crippen molar-refractivity contribution in [3.05, 3.63) is 77.6 Å². The molecule has 0 saturated heterocycles. The number of anilines is 1. The summed E-state index contributed by atoms with van der Waals surface area (Å²) < 4.78 is 1.81. The van der Waals surface area contributed by atoms with Crippen LogP contribution in [0.3, 0.4) is 0 Å². The van der Waals surface area contributed by atoms with E-state index in [2.05, 4.69) is 15.7 Å². The summed E-state index contributed by atoms with van der Waals surface area (Å²) in [6.07, 6.45) is 0.185. The number of rotatable bonds is 6. The smallest absolute Gasteiger partial charge is 0.251 e. The maximum Gasteiger partial charge on any atom is 0.251 e. The average Bonchev–Trinajstić information content (AvgIpc) is 3.00. The number of benzene rings is 2. The highest BCUT2D eigenvalue weighted by Gasteiger charge is 2.11. The lowest BCUT2D eigenvalue weighted by Crippen LogP contribution is -2.27. The third-order valence-corrected chi connectivity index (χ3v) is 4.09. The zero-order chi connectivity index (χ0) is 19.2. The molecule has 0 saturated carbocycles. The molecule has 6 nitrogen and oxygen atoms in total. The number of carbonyl (C=O) groups excluding carboxylic acids is 2. The van der Waals surface area contributed by atoms with Gasteiger partial charge < -0.3 is 10.6 Å². The van der Waals surface area contributed by atoms with Crippen molar-refractivity contribution in [2.24, 2.45) is 0 Å². The molecule has 0 aliphatic heterocycles. The Labute approximate surface area is 158 Å². The lowest BCUT2D eigenvalue weighted by atomic mass is 10.2. The van der Waals surface area contributed by atoms with Gasteiger partial charge in [0.2, 0.25) is 5.91 Å². The molecule has 3 aromatic rings. The van der Waals surface area contributed by atoms with E-state index in [-0.39, 0.29) is 24.8 Å². The molecule has 0 spiro atoms. The standard InChI is InChI=1S/C21H22N4O2/c1-15-14-16(2)25(24-15)19-11-7-6-10-18(19)23-20(26)12-13-22-21(27)17-8-4-3-5-9-17/h3-11,14H,12-13H2,1-2H3,(H,22,27)(H,23,26). The molecule has 27 heavy (non-hydrogen) atoms. The van der Waals surface area contributed by atoms with E-state index in [0.717, 1.165) is 17.1 Å². The number of hydrogen-bond donors (Lipinski definition) is 2. The van der Waals surface area contributed by atoms with Gasteiger partial charge in [-0.2, -0.15) is 5.10 Å². The van der Waals surface area contributed by atoms with Crippen molar-refractivity contribution in [1.82, 2.24) is 15.1 Å². The van der Waals surface area contributed by atoms with Crippen LogP contribution in [0.15, 0.2) is 60.7 Å². The first-order valence-corrected chi connectivity index (χ1v) is 8.80. The van der Waals surface area contributed by atoms with Crippen LogP contribution in [-0.2, 0) is 4.79 Å². The Hall–Kier alpha value is -3.41. The fourth-order valence-electron chi connectivity index (χ4n) is 2.83. The molecular weight excluding hydrogens is 340 g/mol. The SMILES string of the molecule is Cc1cc(C)n(-c2ccccc2NC(=O)CCNC(=O)c2ccccc2)n1. The number of aryl methyl sites for hydroxylation is 2. The van der Waals surface area contributed by atoms with E-state index in [1.54, 1.807) is 24.3 Å². The normalized spacial score (nSPS) is 10.4. The first kappa shape index (κ1) is 18.4. The summed E-state index contributed by atoms with van der Waals surface area (Å²) in [5.41, 5.74) is 3.97. The molecule has 0 aliphatic rings. The summed E-state index contributed by atoms with van der Waals surface area (Å²) in [6.45, 7) is 4.17. The van der Waals surface area contributed by atoms with Gasteiger partial charge >= 0.3 is 0 Å². The van der Waals surface area contributed by atoms with Crippen LogP contribution in [0.1, 0.15) is 28.2 Å². The minimum Gasteiger partial charge on any atom is -0.352 e. The summed E-state index contributed by atoms with van der Waals surface area (Å²) in [7, 11) is 0. The van der Waals surface area contributed by atoms with Gasteiger partial charge in [-0.3, -0.25) is 9.59 Å². The lowest BCUT2D eigenvalue weighted by molar-refractivity contribution is -0.116. The second-order valence-electron chi connectivity index (χ2n) is 6.28. The van der Waals surface area contributed by atoms with Crippen molar-refractivity contribution in [2.45, 2.75) is 20.3 Å². The number of carbonyl (C=O) groups is 2. The molecule has 6 heteroatoms. The topological polar surface area (TPSA) is 76.0 Å². The van der Waals surface area contributed by atoms with E-state index in [9.17, 15) is 9.59 Å². The van der Waals surface area contributed by atoms with Gasteiger partial charge in [0.1, 0.15) is 0 Å². The summed E-state index contributed by atoms with van der Waals surface area (Å²) in [4.78, 5) is 24.3. The first-order valence-electron chi connectivity index (χ1n) is 8.80. The minimum atomic E-state index is -0.188. The number of para-hydroxylation sites is 2. The Morgan fingerprint density at radius 1 is 1.00 bits per heavy atom. The van der Waals surface area contributed by atoms with Gasteiger partial charge in [-0.1, -0.05) is 30.3 Å². The summed E-state index contributed by atoms with van der Waals surface area (Å²) >= 11 is 0. The maximum atomic E-state index is 12.3. The molecule has 0 bridgehead atoms. The highest BCUT2D eigenvalue weighted by molar-refractivity contribution is 5.95. The summed E-state index contributed by atoms with van der Waals surface area (Å²) in [5.74, 6) is -0.358. The largest absolute Gasteiger partial charge is 0.352 e. The van der Waals surface area contributed by atoms with Gasteiger partial charge in [0.25, 0.3) is 5.91 Å². The van der Waals surface area contributed by atoms with Crippen molar-refractivity contribution in [3.63, 3.8) is 0 Å². The molecule has 0 radical (unpaired) electrons. The third-order valence-electron chi connectivity index (χ3n) is 4.09. The summed E-state index contributed by atoms with van der Waals surface area (Å²) in [6, 6.07) is 18.4. The van der Waals surface area contributed by atoms with E-state index in [4.69, 9.17) is 0 Å². The quantitative estimate of drug-likeness (QED) is 0.707. The lowest BCUT2D eigenvalue weighted by Gasteiger charge is -2.12. The molecule has 3 rings (SSSR count). The summed E-state index contributed by atoms with van der Waals surface area (Å²) in [5, 5.41) is 10.1. The monoisotopic (exact) mass is 362 g/mol. The van der Waals surface area contributed by atoms with Crippen LogP contribution in [0, 0.1) is 13.8 Å². The Bertz CT molecular complexity index is 948.